The van der Waals surface area contributed by atoms with Gasteiger partial charge in [-0.2, -0.15) is 0 Å². The van der Waals surface area contributed by atoms with Gasteiger partial charge >= 0.3 is 0 Å². The van der Waals surface area contributed by atoms with E-state index in [-0.39, 0.29) is 9.92 Å². The van der Waals surface area contributed by atoms with Crippen molar-refractivity contribution in [3.05, 3.63) is 62.2 Å². The molecule has 2 aromatic rings. The van der Waals surface area contributed by atoms with Gasteiger partial charge in [-0.3, -0.25) is 14.8 Å². The van der Waals surface area contributed by atoms with E-state index in [1.165, 1.54) is 12.1 Å². The average molecular weight is 355 g/mol. The van der Waals surface area contributed by atoms with E-state index in [0.29, 0.717) is 5.69 Å². The van der Waals surface area contributed by atoms with Crippen molar-refractivity contribution in [1.29, 1.82) is 0 Å². The number of nitro groups is 1. The number of hydrogen-bond acceptors (Lipinski definition) is 4. The third kappa shape index (κ3) is 3.62. The fraction of sp³-hybridized carbons (Fsp3) is 0.200. The highest BCUT2D eigenvalue weighted by Crippen LogP contribution is 2.29. The van der Waals surface area contributed by atoms with Crippen molar-refractivity contribution < 1.29 is 13.3 Å². The number of anilines is 1. The number of halogens is 1. The molecule has 0 aliphatic heterocycles. The number of nitro benzene ring substituents is 1. The number of sulfonamides is 1. The second-order valence-corrected chi connectivity index (χ2v) is 7.34. The monoisotopic (exact) mass is 354 g/mol. The molecule has 1 N–H and O–H groups in total. The lowest BCUT2D eigenvalue weighted by Crippen LogP contribution is -2.15. The fourth-order valence-electron chi connectivity index (χ4n) is 2.33. The van der Waals surface area contributed by atoms with Crippen molar-refractivity contribution >= 4 is 33.0 Å². The summed E-state index contributed by atoms with van der Waals surface area (Å²) in [5.41, 5.74) is 2.58. The lowest BCUT2D eigenvalue weighted by atomic mass is 10.1. The van der Waals surface area contributed by atoms with Gasteiger partial charge in [0.05, 0.1) is 15.5 Å². The van der Waals surface area contributed by atoms with Crippen LogP contribution in [0.4, 0.5) is 11.4 Å². The molecule has 2 aromatic carbocycles. The van der Waals surface area contributed by atoms with E-state index in [2.05, 4.69) is 4.72 Å². The van der Waals surface area contributed by atoms with Crippen molar-refractivity contribution in [2.24, 2.45) is 0 Å². The molecule has 0 saturated heterocycles. The molecule has 0 aliphatic rings. The second kappa shape index (κ2) is 6.17. The molecular weight excluding hydrogens is 340 g/mol. The molecule has 0 aromatic heterocycles. The molecule has 0 saturated carbocycles. The maximum atomic E-state index is 12.5. The van der Waals surface area contributed by atoms with Gasteiger partial charge in [0.1, 0.15) is 5.02 Å². The summed E-state index contributed by atoms with van der Waals surface area (Å²) >= 11 is 5.71. The fourth-order valence-corrected chi connectivity index (χ4v) is 3.74. The van der Waals surface area contributed by atoms with E-state index < -0.39 is 20.6 Å². The third-order valence-electron chi connectivity index (χ3n) is 3.34. The molecule has 8 heteroatoms. The van der Waals surface area contributed by atoms with Gasteiger partial charge in [0.25, 0.3) is 15.7 Å². The lowest BCUT2D eigenvalue weighted by molar-refractivity contribution is -0.384. The summed E-state index contributed by atoms with van der Waals surface area (Å²) in [7, 11) is -3.96. The van der Waals surface area contributed by atoms with Crippen molar-refractivity contribution in [2.45, 2.75) is 25.7 Å². The number of rotatable bonds is 4. The summed E-state index contributed by atoms with van der Waals surface area (Å²) in [6.07, 6.45) is 0. The van der Waals surface area contributed by atoms with E-state index in [9.17, 15) is 18.5 Å². The highest BCUT2D eigenvalue weighted by Gasteiger charge is 2.22. The molecule has 0 atom stereocenters. The van der Waals surface area contributed by atoms with Crippen LogP contribution in [0.1, 0.15) is 16.7 Å². The number of benzene rings is 2. The summed E-state index contributed by atoms with van der Waals surface area (Å²) in [6, 6.07) is 7.09. The highest BCUT2D eigenvalue weighted by atomic mass is 35.5. The first-order valence-corrected chi connectivity index (χ1v) is 8.52. The molecule has 23 heavy (non-hydrogen) atoms. The summed E-state index contributed by atoms with van der Waals surface area (Å²) in [5, 5.41) is 10.8. The molecule has 0 radical (unpaired) electrons. The van der Waals surface area contributed by atoms with Crippen molar-refractivity contribution in [3.8, 4) is 0 Å². The maximum absolute atomic E-state index is 12.5. The maximum Gasteiger partial charge on any atom is 0.289 e. The first kappa shape index (κ1) is 17.2. The molecule has 6 nitrogen and oxygen atoms in total. The van der Waals surface area contributed by atoms with Crippen LogP contribution in [0.15, 0.2) is 35.2 Å². The topological polar surface area (TPSA) is 89.3 Å². The summed E-state index contributed by atoms with van der Waals surface area (Å²) in [4.78, 5) is 9.98. The third-order valence-corrected chi connectivity index (χ3v) is 5.01. The van der Waals surface area contributed by atoms with Crippen molar-refractivity contribution in [1.82, 2.24) is 0 Å². The van der Waals surface area contributed by atoms with E-state index in [1.54, 1.807) is 13.8 Å². The molecule has 0 amide bonds. The Labute approximate surface area is 139 Å². The molecule has 0 bridgehead atoms. The molecule has 0 heterocycles. The van der Waals surface area contributed by atoms with Crippen molar-refractivity contribution in [3.63, 3.8) is 0 Å². The lowest BCUT2D eigenvalue weighted by Gasteiger charge is -2.14. The van der Waals surface area contributed by atoms with Gasteiger partial charge in [0, 0.05) is 6.07 Å². The van der Waals surface area contributed by atoms with E-state index >= 15 is 0 Å². The molecule has 122 valence electrons. The van der Waals surface area contributed by atoms with Gasteiger partial charge in [-0.15, -0.1) is 0 Å². The van der Waals surface area contributed by atoms with Crippen LogP contribution in [-0.4, -0.2) is 13.3 Å². The Hall–Kier alpha value is -2.12. The van der Waals surface area contributed by atoms with Crippen LogP contribution in [0.3, 0.4) is 0 Å². The Kier molecular flexibility index (Phi) is 4.63. The molecule has 0 unspecified atom stereocenters. The van der Waals surface area contributed by atoms with Gasteiger partial charge in [-0.05, 0) is 44.0 Å². The van der Waals surface area contributed by atoms with Crippen LogP contribution in [0.25, 0.3) is 0 Å². The van der Waals surface area contributed by atoms with Crippen LogP contribution in [0.5, 0.6) is 0 Å². The Balaban J connectivity index is 2.48. The summed E-state index contributed by atoms with van der Waals surface area (Å²) in [5.74, 6) is 0. The quantitative estimate of drug-likeness (QED) is 0.664. The standard InChI is InChI=1S/C15H15ClN2O4S/c1-9-6-10(2)15(11(3)7-9)17-23(21,22)12-4-5-13(16)14(8-12)18(19)20/h4-8,17H,1-3H3. The predicted molar refractivity (Wildman–Crippen MR) is 89.6 cm³/mol. The van der Waals surface area contributed by atoms with Gasteiger partial charge < -0.3 is 0 Å². The van der Waals surface area contributed by atoms with Crippen LogP contribution in [0.2, 0.25) is 5.02 Å². The molecule has 0 spiro atoms. The normalized spacial score (nSPS) is 11.3. The summed E-state index contributed by atoms with van der Waals surface area (Å²) < 4.78 is 27.5. The van der Waals surface area contributed by atoms with Gasteiger partial charge in [-0.25, -0.2) is 8.42 Å². The molecule has 0 aliphatic carbocycles. The molecular formula is C15H15ClN2O4S. The zero-order chi connectivity index (χ0) is 17.4. The predicted octanol–water partition coefficient (Wildman–Crippen LogP) is 3.97. The van der Waals surface area contributed by atoms with Gasteiger partial charge in [0.15, 0.2) is 0 Å². The number of nitrogens with zero attached hydrogens (tertiary/aromatic N) is 1. The number of hydrogen-bond donors (Lipinski definition) is 1. The van der Waals surface area contributed by atoms with E-state index in [0.717, 1.165) is 22.8 Å². The Morgan fingerprint density at radius 1 is 1.09 bits per heavy atom. The minimum absolute atomic E-state index is 0.114. The van der Waals surface area contributed by atoms with Crippen LogP contribution in [0, 0.1) is 30.9 Å². The van der Waals surface area contributed by atoms with Crippen molar-refractivity contribution in [2.75, 3.05) is 4.72 Å². The zero-order valence-corrected chi connectivity index (χ0v) is 14.3. The molecule has 2 rings (SSSR count). The Bertz CT molecular complexity index is 871. The first-order valence-electron chi connectivity index (χ1n) is 6.66. The van der Waals surface area contributed by atoms with E-state index in [1.807, 2.05) is 19.1 Å². The number of nitrogens with one attached hydrogen (secondary N) is 1. The first-order chi connectivity index (χ1) is 10.6. The smallest absolute Gasteiger partial charge is 0.279 e. The average Bonchev–Trinajstić information content (AvgIpc) is 2.42. The Morgan fingerprint density at radius 3 is 2.17 bits per heavy atom. The Morgan fingerprint density at radius 2 is 1.65 bits per heavy atom. The minimum Gasteiger partial charge on any atom is -0.279 e. The summed E-state index contributed by atoms with van der Waals surface area (Å²) in [6.45, 7) is 5.51. The van der Waals surface area contributed by atoms with Crippen LogP contribution >= 0.6 is 11.6 Å². The minimum atomic E-state index is -3.96. The zero-order valence-electron chi connectivity index (χ0n) is 12.8. The van der Waals surface area contributed by atoms with Gasteiger partial charge in [0.2, 0.25) is 0 Å². The highest BCUT2D eigenvalue weighted by molar-refractivity contribution is 7.92. The largest absolute Gasteiger partial charge is 0.289 e. The molecule has 0 fully saturated rings. The van der Waals surface area contributed by atoms with E-state index in [4.69, 9.17) is 11.6 Å². The van der Waals surface area contributed by atoms with Gasteiger partial charge in [-0.1, -0.05) is 29.3 Å². The van der Waals surface area contributed by atoms with Crippen LogP contribution in [-0.2, 0) is 10.0 Å². The number of aryl methyl sites for hydroxylation is 3. The van der Waals surface area contributed by atoms with Crippen LogP contribution < -0.4 is 4.72 Å². The second-order valence-electron chi connectivity index (χ2n) is 5.25. The SMILES string of the molecule is Cc1cc(C)c(NS(=O)(=O)c2ccc(Cl)c([N+](=O)[O-])c2)c(C)c1.